The van der Waals surface area contributed by atoms with Gasteiger partial charge in [-0.3, -0.25) is 0 Å². The first-order valence-electron chi connectivity index (χ1n) is 5.36. The summed E-state index contributed by atoms with van der Waals surface area (Å²) in [6.07, 6.45) is 14.2. The molecule has 1 heterocycles. The minimum absolute atomic E-state index is 1.16. The molecule has 1 aliphatic rings. The Hall–Kier alpha value is -0.300. The Labute approximate surface area is 76.2 Å². The Morgan fingerprint density at radius 1 is 0.667 bits per heavy atom. The minimum Gasteiger partial charge on any atom is -0.316 e. The molecule has 0 spiro atoms. The fraction of sp³-hybridized carbons (Fsp3) is 0.818. The second-order valence-electron chi connectivity index (χ2n) is 3.57. The molecule has 0 aliphatic carbocycles. The zero-order valence-electron chi connectivity index (χ0n) is 8.02. The molecule has 0 saturated carbocycles. The zero-order chi connectivity index (χ0) is 8.49. The van der Waals surface area contributed by atoms with Crippen LogP contribution in [0, 0.1) is 0 Å². The van der Waals surface area contributed by atoms with Crippen LogP contribution in [-0.4, -0.2) is 13.1 Å². The largest absolute Gasteiger partial charge is 0.316 e. The molecule has 0 amide bonds. The SMILES string of the molecule is C1=CCCNCCCCCCC1. The monoisotopic (exact) mass is 167 g/mol. The maximum Gasteiger partial charge on any atom is -0.00143 e. The van der Waals surface area contributed by atoms with Crippen LogP contribution in [0.15, 0.2) is 12.2 Å². The van der Waals surface area contributed by atoms with Crippen LogP contribution in [0.4, 0.5) is 0 Å². The van der Waals surface area contributed by atoms with Crippen molar-refractivity contribution in [2.24, 2.45) is 0 Å². The predicted molar refractivity (Wildman–Crippen MR) is 54.3 cm³/mol. The predicted octanol–water partition coefficient (Wildman–Crippen LogP) is 2.88. The van der Waals surface area contributed by atoms with E-state index in [1.54, 1.807) is 0 Å². The third-order valence-corrected chi connectivity index (χ3v) is 2.38. The molecular formula is C11H21N. The van der Waals surface area contributed by atoms with Crippen LogP contribution in [0.1, 0.15) is 44.9 Å². The summed E-state index contributed by atoms with van der Waals surface area (Å²) < 4.78 is 0. The van der Waals surface area contributed by atoms with Crippen molar-refractivity contribution >= 4 is 0 Å². The standard InChI is InChI=1S/C11H21N/c1-2-4-6-8-10-12-11-9-7-5-3-1/h4,6,12H,1-3,5,7-11H2. The Kier molecular flexibility index (Phi) is 6.00. The highest BCUT2D eigenvalue weighted by atomic mass is 14.8. The third kappa shape index (κ3) is 5.36. The molecule has 1 nitrogen and oxygen atoms in total. The molecule has 1 N–H and O–H groups in total. The van der Waals surface area contributed by atoms with Crippen LogP contribution in [0.3, 0.4) is 0 Å². The molecule has 1 heteroatoms. The van der Waals surface area contributed by atoms with E-state index in [1.807, 2.05) is 0 Å². The van der Waals surface area contributed by atoms with E-state index in [4.69, 9.17) is 0 Å². The summed E-state index contributed by atoms with van der Waals surface area (Å²) in [5.74, 6) is 0. The fourth-order valence-electron chi connectivity index (χ4n) is 1.59. The molecule has 1 aliphatic heterocycles. The van der Waals surface area contributed by atoms with Crippen LogP contribution in [0.2, 0.25) is 0 Å². The van der Waals surface area contributed by atoms with Gasteiger partial charge in [-0.2, -0.15) is 0 Å². The van der Waals surface area contributed by atoms with Gasteiger partial charge in [0.1, 0.15) is 0 Å². The molecule has 1 rings (SSSR count). The third-order valence-electron chi connectivity index (χ3n) is 2.38. The van der Waals surface area contributed by atoms with Gasteiger partial charge in [0.2, 0.25) is 0 Å². The number of allylic oxidation sites excluding steroid dienone is 1. The van der Waals surface area contributed by atoms with Crippen LogP contribution in [-0.2, 0) is 0 Å². The second-order valence-corrected chi connectivity index (χ2v) is 3.57. The molecule has 0 aromatic carbocycles. The van der Waals surface area contributed by atoms with Crippen molar-refractivity contribution in [2.45, 2.75) is 44.9 Å². The maximum absolute atomic E-state index is 3.45. The smallest absolute Gasteiger partial charge is 0.00143 e. The maximum atomic E-state index is 3.45. The van der Waals surface area contributed by atoms with Gasteiger partial charge in [-0.05, 0) is 38.8 Å². The Morgan fingerprint density at radius 2 is 1.42 bits per heavy atom. The quantitative estimate of drug-likeness (QED) is 0.547. The van der Waals surface area contributed by atoms with Crippen molar-refractivity contribution in [1.82, 2.24) is 5.32 Å². The lowest BCUT2D eigenvalue weighted by atomic mass is 10.1. The molecule has 0 aromatic heterocycles. The van der Waals surface area contributed by atoms with Crippen molar-refractivity contribution in [1.29, 1.82) is 0 Å². The lowest BCUT2D eigenvalue weighted by molar-refractivity contribution is 0.575. The molecule has 12 heavy (non-hydrogen) atoms. The van der Waals surface area contributed by atoms with E-state index in [9.17, 15) is 0 Å². The molecule has 70 valence electrons. The van der Waals surface area contributed by atoms with E-state index in [0.717, 1.165) is 6.54 Å². The molecule has 0 fully saturated rings. The number of hydrogen-bond donors (Lipinski definition) is 1. The first kappa shape index (κ1) is 9.79. The first-order valence-corrected chi connectivity index (χ1v) is 5.36. The number of nitrogens with one attached hydrogen (secondary N) is 1. The highest BCUT2D eigenvalue weighted by molar-refractivity contribution is 4.82. The van der Waals surface area contributed by atoms with Gasteiger partial charge >= 0.3 is 0 Å². The lowest BCUT2D eigenvalue weighted by Gasteiger charge is -2.04. The summed E-state index contributed by atoms with van der Waals surface area (Å²) in [7, 11) is 0. The van der Waals surface area contributed by atoms with Crippen LogP contribution in [0.5, 0.6) is 0 Å². The van der Waals surface area contributed by atoms with Crippen molar-refractivity contribution in [3.63, 3.8) is 0 Å². The summed E-state index contributed by atoms with van der Waals surface area (Å²) in [5, 5.41) is 3.45. The van der Waals surface area contributed by atoms with Gasteiger partial charge in [0, 0.05) is 0 Å². The topological polar surface area (TPSA) is 12.0 Å². The second kappa shape index (κ2) is 7.35. The van der Waals surface area contributed by atoms with Gasteiger partial charge in [-0.15, -0.1) is 0 Å². The van der Waals surface area contributed by atoms with E-state index in [1.165, 1.54) is 51.5 Å². The summed E-state index contributed by atoms with van der Waals surface area (Å²) in [5.41, 5.74) is 0. The average molecular weight is 167 g/mol. The van der Waals surface area contributed by atoms with Gasteiger partial charge < -0.3 is 5.32 Å². The van der Waals surface area contributed by atoms with Crippen LogP contribution >= 0.6 is 0 Å². The molecule has 0 unspecified atom stereocenters. The van der Waals surface area contributed by atoms with Gasteiger partial charge in [0.15, 0.2) is 0 Å². The zero-order valence-corrected chi connectivity index (χ0v) is 8.02. The van der Waals surface area contributed by atoms with Gasteiger partial charge in [-0.25, -0.2) is 0 Å². The highest BCUT2D eigenvalue weighted by Gasteiger charge is 1.91. The molecular weight excluding hydrogens is 146 g/mol. The van der Waals surface area contributed by atoms with Crippen molar-refractivity contribution in [3.05, 3.63) is 12.2 Å². The first-order chi connectivity index (χ1) is 6.00. The summed E-state index contributed by atoms with van der Waals surface area (Å²) >= 11 is 0. The normalized spacial score (nSPS) is 22.7. The van der Waals surface area contributed by atoms with E-state index >= 15 is 0 Å². The van der Waals surface area contributed by atoms with Crippen LogP contribution in [0.25, 0.3) is 0 Å². The van der Waals surface area contributed by atoms with Crippen molar-refractivity contribution < 1.29 is 0 Å². The summed E-state index contributed by atoms with van der Waals surface area (Å²) in [6, 6.07) is 0. The summed E-state index contributed by atoms with van der Waals surface area (Å²) in [4.78, 5) is 0. The average Bonchev–Trinajstić information content (AvgIpc) is 2.05. The van der Waals surface area contributed by atoms with E-state index in [2.05, 4.69) is 17.5 Å². The lowest BCUT2D eigenvalue weighted by Crippen LogP contribution is -2.16. The summed E-state index contributed by atoms with van der Waals surface area (Å²) in [6.45, 7) is 2.38. The Balaban J connectivity index is 2.10. The molecule has 0 bridgehead atoms. The van der Waals surface area contributed by atoms with E-state index < -0.39 is 0 Å². The molecule has 0 saturated heterocycles. The molecule has 0 radical (unpaired) electrons. The number of hydrogen-bond acceptors (Lipinski definition) is 1. The van der Waals surface area contributed by atoms with Crippen molar-refractivity contribution in [3.8, 4) is 0 Å². The highest BCUT2D eigenvalue weighted by Crippen LogP contribution is 2.06. The number of rotatable bonds is 0. The van der Waals surface area contributed by atoms with E-state index in [0.29, 0.717) is 0 Å². The Morgan fingerprint density at radius 3 is 2.42 bits per heavy atom. The van der Waals surface area contributed by atoms with Crippen LogP contribution < -0.4 is 5.32 Å². The van der Waals surface area contributed by atoms with Gasteiger partial charge in [0.25, 0.3) is 0 Å². The molecule has 0 aromatic rings. The fourth-order valence-corrected chi connectivity index (χ4v) is 1.59. The molecule has 0 atom stereocenters. The minimum atomic E-state index is 1.16. The van der Waals surface area contributed by atoms with Gasteiger partial charge in [-0.1, -0.05) is 31.4 Å². The van der Waals surface area contributed by atoms with Gasteiger partial charge in [0.05, 0.1) is 0 Å². The van der Waals surface area contributed by atoms with Crippen molar-refractivity contribution in [2.75, 3.05) is 13.1 Å². The Bertz CT molecular complexity index is 104. The van der Waals surface area contributed by atoms with E-state index in [-0.39, 0.29) is 0 Å².